The number of amides is 1. The van der Waals surface area contributed by atoms with Crippen molar-refractivity contribution in [3.05, 3.63) is 46.3 Å². The summed E-state index contributed by atoms with van der Waals surface area (Å²) in [6.07, 6.45) is 1.58. The van der Waals surface area contributed by atoms with Crippen molar-refractivity contribution in [3.8, 4) is 0 Å². The van der Waals surface area contributed by atoms with Crippen LogP contribution in [0.2, 0.25) is 0 Å². The molecule has 0 aliphatic carbocycles. The minimum Gasteiger partial charge on any atom is -0.463 e. The third-order valence-corrected chi connectivity index (χ3v) is 2.23. The van der Waals surface area contributed by atoms with Gasteiger partial charge in [-0.15, -0.1) is 0 Å². The van der Waals surface area contributed by atoms with Gasteiger partial charge in [0.05, 0.1) is 12.7 Å². The molecule has 0 aliphatic rings. The van der Waals surface area contributed by atoms with Crippen LogP contribution < -0.4 is 11.0 Å². The van der Waals surface area contributed by atoms with Gasteiger partial charge in [0.25, 0.3) is 5.56 Å². The molecular weight excluding hydrogens is 236 g/mol. The number of rotatable bonds is 4. The first kappa shape index (κ1) is 11.9. The molecule has 0 unspecified atom stereocenters. The van der Waals surface area contributed by atoms with Gasteiger partial charge in [-0.05, 0) is 19.1 Å². The molecule has 0 aliphatic heterocycles. The smallest absolute Gasteiger partial charge is 0.264 e. The predicted octanol–water partition coefficient (Wildman–Crippen LogP) is 0.379. The molecule has 3 N–H and O–H groups in total. The highest BCUT2D eigenvalue weighted by Gasteiger charge is 2.05. The minimum absolute atomic E-state index is 0.0493. The highest BCUT2D eigenvalue weighted by Crippen LogP contribution is 2.01. The van der Waals surface area contributed by atoms with Gasteiger partial charge in [-0.1, -0.05) is 0 Å². The van der Waals surface area contributed by atoms with Gasteiger partial charge in [0.15, 0.2) is 0 Å². The summed E-state index contributed by atoms with van der Waals surface area (Å²) in [4.78, 5) is 22.3. The first-order valence-electron chi connectivity index (χ1n) is 5.29. The Balaban J connectivity index is 1.92. The Morgan fingerprint density at radius 1 is 1.50 bits per heavy atom. The molecule has 0 saturated carbocycles. The van der Waals surface area contributed by atoms with Gasteiger partial charge < -0.3 is 9.52 Å². The van der Waals surface area contributed by atoms with E-state index in [2.05, 4.69) is 20.7 Å². The van der Waals surface area contributed by atoms with E-state index in [-0.39, 0.29) is 17.9 Å². The average Bonchev–Trinajstić information content (AvgIpc) is 2.97. The number of carbonyl (C=O) groups excluding carboxylic acids is 1. The summed E-state index contributed by atoms with van der Waals surface area (Å²) >= 11 is 0. The number of furan rings is 1. The lowest BCUT2D eigenvalue weighted by Gasteiger charge is -1.99. The Hall–Kier alpha value is -2.57. The molecule has 7 nitrogen and oxygen atoms in total. The second kappa shape index (κ2) is 5.17. The highest BCUT2D eigenvalue weighted by molar-refractivity contribution is 5.96. The molecule has 0 spiro atoms. The van der Waals surface area contributed by atoms with Crippen molar-refractivity contribution in [2.24, 2.45) is 5.10 Å². The van der Waals surface area contributed by atoms with E-state index < -0.39 is 0 Å². The molecule has 2 rings (SSSR count). The largest absolute Gasteiger partial charge is 0.463 e. The number of nitrogens with zero attached hydrogens (tertiary/aromatic N) is 1. The lowest BCUT2D eigenvalue weighted by atomic mass is 10.3. The van der Waals surface area contributed by atoms with E-state index >= 15 is 0 Å². The Labute approximate surface area is 102 Å². The molecule has 0 aromatic carbocycles. The molecule has 2 heterocycles. The molecule has 0 fully saturated rings. The van der Waals surface area contributed by atoms with Gasteiger partial charge in [-0.3, -0.25) is 14.7 Å². The number of hydrogen-bond acceptors (Lipinski definition) is 4. The van der Waals surface area contributed by atoms with Crippen molar-refractivity contribution in [2.45, 2.75) is 13.3 Å². The quantitative estimate of drug-likeness (QED) is 0.538. The van der Waals surface area contributed by atoms with Crippen LogP contribution in [0, 0.1) is 0 Å². The van der Waals surface area contributed by atoms with Crippen LogP contribution in [0.4, 0.5) is 0 Å². The number of aromatic nitrogens is 2. The Morgan fingerprint density at radius 3 is 2.94 bits per heavy atom. The zero-order chi connectivity index (χ0) is 13.0. The van der Waals surface area contributed by atoms with E-state index in [1.807, 2.05) is 0 Å². The third-order valence-electron chi connectivity index (χ3n) is 2.23. The van der Waals surface area contributed by atoms with Crippen molar-refractivity contribution in [1.29, 1.82) is 0 Å². The van der Waals surface area contributed by atoms with Crippen LogP contribution in [-0.2, 0) is 11.2 Å². The minimum atomic E-state index is -0.323. The van der Waals surface area contributed by atoms with Gasteiger partial charge in [-0.25, -0.2) is 5.43 Å². The number of H-pyrrole nitrogens is 2. The monoisotopic (exact) mass is 248 g/mol. The molecule has 94 valence electrons. The molecule has 0 saturated heterocycles. The second-order valence-corrected chi connectivity index (χ2v) is 3.67. The third kappa shape index (κ3) is 2.97. The number of aromatic amines is 2. The summed E-state index contributed by atoms with van der Waals surface area (Å²) in [6.45, 7) is 1.72. The highest BCUT2D eigenvalue weighted by atomic mass is 16.3. The maximum atomic E-state index is 11.5. The summed E-state index contributed by atoms with van der Waals surface area (Å²) in [5.74, 6) is 0.265. The first-order chi connectivity index (χ1) is 8.65. The number of hydrazone groups is 1. The van der Waals surface area contributed by atoms with Crippen LogP contribution in [0.5, 0.6) is 0 Å². The molecule has 2 aromatic rings. The Kier molecular flexibility index (Phi) is 3.42. The lowest BCUT2D eigenvalue weighted by molar-refractivity contribution is -0.120. The summed E-state index contributed by atoms with van der Waals surface area (Å²) in [6, 6.07) is 4.80. The van der Waals surface area contributed by atoms with E-state index in [1.165, 1.54) is 12.3 Å². The molecule has 0 atom stereocenters. The van der Waals surface area contributed by atoms with E-state index in [1.54, 1.807) is 19.1 Å². The lowest BCUT2D eigenvalue weighted by Crippen LogP contribution is -2.21. The fraction of sp³-hybridized carbons (Fsp3) is 0.182. The van der Waals surface area contributed by atoms with Gasteiger partial charge in [0.1, 0.15) is 11.5 Å². The standard InChI is InChI=1S/C11H12N4O3/c1-7(9-3-2-4-18-9)12-14-10(16)5-8-6-11(17)15-13-8/h2-4,6H,5H2,1H3,(H,14,16)(H2,13,15,17)/b12-7-. The normalized spacial score (nSPS) is 11.5. The molecule has 2 aromatic heterocycles. The van der Waals surface area contributed by atoms with Crippen LogP contribution in [0.3, 0.4) is 0 Å². The van der Waals surface area contributed by atoms with Crippen LogP contribution in [0.1, 0.15) is 18.4 Å². The van der Waals surface area contributed by atoms with Gasteiger partial charge >= 0.3 is 0 Å². The van der Waals surface area contributed by atoms with Crippen LogP contribution in [0.25, 0.3) is 0 Å². The van der Waals surface area contributed by atoms with E-state index in [4.69, 9.17) is 4.42 Å². The van der Waals surface area contributed by atoms with Crippen LogP contribution >= 0.6 is 0 Å². The topological polar surface area (TPSA) is 103 Å². The maximum Gasteiger partial charge on any atom is 0.264 e. The number of hydrogen-bond donors (Lipinski definition) is 3. The number of carbonyl (C=O) groups is 1. The van der Waals surface area contributed by atoms with E-state index in [9.17, 15) is 9.59 Å². The van der Waals surface area contributed by atoms with E-state index in [0.717, 1.165) is 0 Å². The summed E-state index contributed by atoms with van der Waals surface area (Å²) in [5, 5.41) is 8.83. The van der Waals surface area contributed by atoms with Crippen molar-refractivity contribution in [3.63, 3.8) is 0 Å². The van der Waals surface area contributed by atoms with Gasteiger partial charge in [0, 0.05) is 11.8 Å². The zero-order valence-corrected chi connectivity index (χ0v) is 9.69. The zero-order valence-electron chi connectivity index (χ0n) is 9.69. The first-order valence-corrected chi connectivity index (χ1v) is 5.29. The van der Waals surface area contributed by atoms with Crippen molar-refractivity contribution in [2.75, 3.05) is 0 Å². The van der Waals surface area contributed by atoms with Crippen molar-refractivity contribution < 1.29 is 9.21 Å². The fourth-order valence-electron chi connectivity index (χ4n) is 1.37. The molecule has 7 heteroatoms. The SMILES string of the molecule is C/C(=N/NC(=O)Cc1cc(=O)[nH][nH]1)c1ccco1. The predicted molar refractivity (Wildman–Crippen MR) is 64.2 cm³/mol. The van der Waals surface area contributed by atoms with Crippen LogP contribution in [-0.4, -0.2) is 21.8 Å². The fourth-order valence-corrected chi connectivity index (χ4v) is 1.37. The Morgan fingerprint density at radius 2 is 2.33 bits per heavy atom. The van der Waals surface area contributed by atoms with Crippen molar-refractivity contribution >= 4 is 11.6 Å². The maximum absolute atomic E-state index is 11.5. The molecule has 0 bridgehead atoms. The van der Waals surface area contributed by atoms with E-state index in [0.29, 0.717) is 17.2 Å². The van der Waals surface area contributed by atoms with Gasteiger partial charge in [0.2, 0.25) is 5.91 Å². The molecule has 1 amide bonds. The van der Waals surface area contributed by atoms with Crippen LogP contribution in [0.15, 0.2) is 38.8 Å². The summed E-state index contributed by atoms with van der Waals surface area (Å²) in [7, 11) is 0. The van der Waals surface area contributed by atoms with Crippen molar-refractivity contribution in [1.82, 2.24) is 15.6 Å². The molecule has 18 heavy (non-hydrogen) atoms. The number of nitrogens with one attached hydrogen (secondary N) is 3. The average molecular weight is 248 g/mol. The van der Waals surface area contributed by atoms with Gasteiger partial charge in [-0.2, -0.15) is 5.10 Å². The molecular formula is C11H12N4O3. The second-order valence-electron chi connectivity index (χ2n) is 3.67. The summed E-state index contributed by atoms with van der Waals surface area (Å²) in [5.41, 5.74) is 3.18. The Bertz CT molecular complexity index is 606. The summed E-state index contributed by atoms with van der Waals surface area (Å²) < 4.78 is 5.11. The molecule has 0 radical (unpaired) electrons.